The van der Waals surface area contributed by atoms with Crippen LogP contribution in [0.25, 0.3) is 0 Å². The molecule has 0 saturated heterocycles. The van der Waals surface area contributed by atoms with Crippen LogP contribution in [0.2, 0.25) is 0 Å². The molecule has 4 nitrogen and oxygen atoms in total. The molecule has 0 aliphatic carbocycles. The highest BCUT2D eigenvalue weighted by atomic mass is 32.2. The molecule has 0 amide bonds. The Morgan fingerprint density at radius 3 is 2.53 bits per heavy atom. The fourth-order valence-corrected chi connectivity index (χ4v) is 2.39. The zero-order chi connectivity index (χ0) is 11.8. The third kappa shape index (κ3) is 4.40. The van der Waals surface area contributed by atoms with E-state index < -0.39 is 0 Å². The van der Waals surface area contributed by atoms with Crippen LogP contribution in [-0.4, -0.2) is 55.7 Å². The highest BCUT2D eigenvalue weighted by Gasteiger charge is 2.26. The summed E-state index contributed by atoms with van der Waals surface area (Å²) in [4.78, 5) is 13.5. The van der Waals surface area contributed by atoms with Gasteiger partial charge in [0, 0.05) is 18.3 Å². The van der Waals surface area contributed by atoms with E-state index in [0.29, 0.717) is 12.6 Å². The van der Waals surface area contributed by atoms with E-state index in [-0.39, 0.29) is 12.0 Å². The Morgan fingerprint density at radius 2 is 2.20 bits per heavy atom. The molecule has 5 heteroatoms. The lowest BCUT2D eigenvalue weighted by atomic mass is 10.1. The molecule has 0 bridgehead atoms. The fraction of sp³-hybridized carbons (Fsp3) is 0.900. The maximum absolute atomic E-state index is 11.5. The highest BCUT2D eigenvalue weighted by Crippen LogP contribution is 2.11. The van der Waals surface area contributed by atoms with Crippen molar-refractivity contribution in [3.63, 3.8) is 0 Å². The van der Waals surface area contributed by atoms with Crippen LogP contribution in [0, 0.1) is 0 Å². The van der Waals surface area contributed by atoms with E-state index in [2.05, 4.69) is 13.2 Å². The predicted molar refractivity (Wildman–Crippen MR) is 65.1 cm³/mol. The van der Waals surface area contributed by atoms with Crippen LogP contribution in [0.1, 0.15) is 13.3 Å². The number of rotatable bonds is 7. The number of esters is 1. The number of ether oxygens (including phenoxy) is 1. The van der Waals surface area contributed by atoms with Gasteiger partial charge in [-0.05, 0) is 19.7 Å². The van der Waals surface area contributed by atoms with E-state index >= 15 is 0 Å². The molecule has 0 rings (SSSR count). The molecule has 90 valence electrons. The minimum absolute atomic E-state index is 0.250. The number of likely N-dealkylation sites (N-methyl/N-ethyl adjacent to an activating group) is 1. The second-order valence-corrected chi connectivity index (χ2v) is 4.37. The summed E-state index contributed by atoms with van der Waals surface area (Å²) in [5.41, 5.74) is 5.59. The molecule has 0 heterocycles. The van der Waals surface area contributed by atoms with Crippen molar-refractivity contribution in [2.45, 2.75) is 25.4 Å². The first-order chi connectivity index (χ1) is 7.12. The summed E-state index contributed by atoms with van der Waals surface area (Å²) in [5.74, 6) is 0.750. The molecular weight excluding hydrogens is 212 g/mol. The summed E-state index contributed by atoms with van der Waals surface area (Å²) >= 11 is 1.78. The number of thioether (sulfide) groups is 1. The quantitative estimate of drug-likeness (QED) is 0.652. The molecule has 2 unspecified atom stereocenters. The molecular formula is C10H22N2O2S. The van der Waals surface area contributed by atoms with E-state index in [1.165, 1.54) is 7.11 Å². The maximum atomic E-state index is 11.5. The van der Waals surface area contributed by atoms with Crippen molar-refractivity contribution in [1.82, 2.24) is 4.90 Å². The lowest BCUT2D eigenvalue weighted by Crippen LogP contribution is -2.50. The van der Waals surface area contributed by atoms with Gasteiger partial charge in [-0.1, -0.05) is 6.92 Å². The average Bonchev–Trinajstić information content (AvgIpc) is 2.26. The number of carbonyl (C=O) groups is 1. The molecule has 2 N–H and O–H groups in total. The van der Waals surface area contributed by atoms with Gasteiger partial charge in [0.15, 0.2) is 0 Å². The van der Waals surface area contributed by atoms with Crippen LogP contribution in [0.4, 0.5) is 0 Å². The van der Waals surface area contributed by atoms with Crippen molar-refractivity contribution < 1.29 is 9.53 Å². The third-order valence-electron chi connectivity index (χ3n) is 2.59. The number of carbonyl (C=O) groups excluding carboxylic acids is 1. The van der Waals surface area contributed by atoms with Gasteiger partial charge in [-0.25, -0.2) is 0 Å². The summed E-state index contributed by atoms with van der Waals surface area (Å²) in [7, 11) is 3.33. The SMILES string of the molecule is CCC(CSC)N(C)C(CN)C(=O)OC. The van der Waals surface area contributed by atoms with Crippen molar-refractivity contribution in [1.29, 1.82) is 0 Å². The summed E-state index contributed by atoms with van der Waals surface area (Å²) < 4.78 is 4.73. The molecule has 0 fully saturated rings. The van der Waals surface area contributed by atoms with Gasteiger partial charge in [0.1, 0.15) is 6.04 Å². The largest absolute Gasteiger partial charge is 0.468 e. The minimum Gasteiger partial charge on any atom is -0.468 e. The highest BCUT2D eigenvalue weighted by molar-refractivity contribution is 7.98. The fourth-order valence-electron chi connectivity index (χ4n) is 1.54. The number of hydrogen-bond acceptors (Lipinski definition) is 5. The van der Waals surface area contributed by atoms with E-state index in [1.54, 1.807) is 11.8 Å². The van der Waals surface area contributed by atoms with Gasteiger partial charge in [0.25, 0.3) is 0 Å². The van der Waals surface area contributed by atoms with Gasteiger partial charge in [-0.3, -0.25) is 9.69 Å². The van der Waals surface area contributed by atoms with Crippen LogP contribution >= 0.6 is 11.8 Å². The molecule has 0 saturated carbocycles. The summed E-state index contributed by atoms with van der Waals surface area (Å²) in [6.45, 7) is 2.41. The normalized spacial score (nSPS) is 15.1. The van der Waals surface area contributed by atoms with Crippen molar-refractivity contribution in [2.24, 2.45) is 5.73 Å². The minimum atomic E-state index is -0.327. The third-order valence-corrected chi connectivity index (χ3v) is 3.31. The molecule has 0 aliphatic heterocycles. The Kier molecular flexibility index (Phi) is 7.82. The zero-order valence-corrected chi connectivity index (χ0v) is 10.8. The molecule has 0 aromatic rings. The monoisotopic (exact) mass is 234 g/mol. The first-order valence-electron chi connectivity index (χ1n) is 5.11. The van der Waals surface area contributed by atoms with Crippen LogP contribution in [-0.2, 0) is 9.53 Å². The van der Waals surface area contributed by atoms with Gasteiger partial charge in [-0.2, -0.15) is 11.8 Å². The van der Waals surface area contributed by atoms with Crippen LogP contribution in [0.5, 0.6) is 0 Å². The topological polar surface area (TPSA) is 55.6 Å². The Hall–Kier alpha value is -0.260. The van der Waals surface area contributed by atoms with Crippen LogP contribution < -0.4 is 5.73 Å². The average molecular weight is 234 g/mol. The molecule has 0 aromatic heterocycles. The van der Waals surface area contributed by atoms with E-state index in [1.807, 2.05) is 11.9 Å². The molecule has 0 aliphatic rings. The molecule has 15 heavy (non-hydrogen) atoms. The molecule has 0 aromatic carbocycles. The number of methoxy groups -OCH3 is 1. The lowest BCUT2D eigenvalue weighted by molar-refractivity contribution is -0.146. The van der Waals surface area contributed by atoms with Gasteiger partial charge in [0.2, 0.25) is 0 Å². The summed E-state index contributed by atoms with van der Waals surface area (Å²) in [5, 5.41) is 0. The van der Waals surface area contributed by atoms with Crippen molar-refractivity contribution >= 4 is 17.7 Å². The van der Waals surface area contributed by atoms with Crippen molar-refractivity contribution in [3.05, 3.63) is 0 Å². The standard InChI is InChI=1S/C10H22N2O2S/c1-5-8(7-15-4)12(2)9(6-11)10(13)14-3/h8-9H,5-7,11H2,1-4H3. The second kappa shape index (κ2) is 7.96. The van der Waals surface area contributed by atoms with Gasteiger partial charge < -0.3 is 10.5 Å². The van der Waals surface area contributed by atoms with Crippen LogP contribution in [0.3, 0.4) is 0 Å². The molecule has 0 spiro atoms. The lowest BCUT2D eigenvalue weighted by Gasteiger charge is -2.31. The number of nitrogens with zero attached hydrogens (tertiary/aromatic N) is 1. The smallest absolute Gasteiger partial charge is 0.324 e. The Bertz CT molecular complexity index is 190. The summed E-state index contributed by atoms with van der Waals surface area (Å²) in [6, 6.07) is 0.0414. The van der Waals surface area contributed by atoms with Gasteiger partial charge >= 0.3 is 5.97 Å². The summed E-state index contributed by atoms with van der Waals surface area (Å²) in [6.07, 6.45) is 3.07. The van der Waals surface area contributed by atoms with Gasteiger partial charge in [-0.15, -0.1) is 0 Å². The Morgan fingerprint density at radius 1 is 1.60 bits per heavy atom. The van der Waals surface area contributed by atoms with E-state index in [4.69, 9.17) is 10.5 Å². The van der Waals surface area contributed by atoms with Gasteiger partial charge in [0.05, 0.1) is 7.11 Å². The maximum Gasteiger partial charge on any atom is 0.324 e. The second-order valence-electron chi connectivity index (χ2n) is 3.46. The number of hydrogen-bond donors (Lipinski definition) is 1. The van der Waals surface area contributed by atoms with Crippen LogP contribution in [0.15, 0.2) is 0 Å². The van der Waals surface area contributed by atoms with E-state index in [9.17, 15) is 4.79 Å². The van der Waals surface area contributed by atoms with E-state index in [0.717, 1.165) is 12.2 Å². The Labute approximate surface area is 96.5 Å². The predicted octanol–water partition coefficient (Wildman–Crippen LogP) is 0.560. The number of nitrogens with two attached hydrogens (primary N) is 1. The first-order valence-corrected chi connectivity index (χ1v) is 6.50. The Balaban J connectivity index is 4.45. The van der Waals surface area contributed by atoms with Crippen molar-refractivity contribution in [3.8, 4) is 0 Å². The first kappa shape index (κ1) is 14.7. The zero-order valence-electron chi connectivity index (χ0n) is 10.0. The molecule has 0 radical (unpaired) electrons. The molecule has 2 atom stereocenters. The van der Waals surface area contributed by atoms with Crippen molar-refractivity contribution in [2.75, 3.05) is 32.7 Å².